The van der Waals surface area contributed by atoms with E-state index >= 15 is 0 Å². The Kier molecular flexibility index (Phi) is 1.71. The normalized spacial score (nSPS) is 12.1. The van der Waals surface area contributed by atoms with Gasteiger partial charge in [0.15, 0.2) is 5.03 Å². The maximum atomic E-state index is 10.8. The van der Waals surface area contributed by atoms with Crippen LogP contribution in [0.3, 0.4) is 0 Å². The molecule has 0 amide bonds. The summed E-state index contributed by atoms with van der Waals surface area (Å²) in [6.07, 6.45) is 0. The van der Waals surface area contributed by atoms with Gasteiger partial charge in [0.1, 0.15) is 11.4 Å². The molecule has 2 bridgehead atoms. The third-order valence-electron chi connectivity index (χ3n) is 2.70. The first-order valence-electron chi connectivity index (χ1n) is 4.91. The molecule has 16 heavy (non-hydrogen) atoms. The van der Waals surface area contributed by atoms with Crippen LogP contribution in [0.2, 0.25) is 0 Å². The second-order valence-corrected chi connectivity index (χ2v) is 3.62. The Morgan fingerprint density at radius 3 is 2.44 bits per heavy atom. The van der Waals surface area contributed by atoms with Crippen LogP contribution in [0.5, 0.6) is 0 Å². The molecular weight excluding hydrogens is 204 g/mol. The fraction of sp³-hybridized carbons (Fsp3) is 0. The van der Waals surface area contributed by atoms with E-state index in [1.165, 1.54) is 0 Å². The highest BCUT2D eigenvalue weighted by molar-refractivity contribution is 5.90. The van der Waals surface area contributed by atoms with E-state index in [4.69, 9.17) is 0 Å². The fourth-order valence-electron chi connectivity index (χ4n) is 1.94. The first kappa shape index (κ1) is 8.91. The summed E-state index contributed by atoms with van der Waals surface area (Å²) in [6.45, 7) is 0. The molecule has 2 aromatic carbocycles. The van der Waals surface area contributed by atoms with Crippen LogP contribution < -0.4 is 5.01 Å². The minimum absolute atomic E-state index is 0.392. The maximum absolute atomic E-state index is 10.8. The summed E-state index contributed by atoms with van der Waals surface area (Å²) >= 11 is 0. The fourth-order valence-corrected chi connectivity index (χ4v) is 1.94. The Morgan fingerprint density at radius 1 is 1.06 bits per heavy atom. The molecule has 0 N–H and O–H groups in total. The van der Waals surface area contributed by atoms with Gasteiger partial charge in [0.25, 0.3) is 0 Å². The molecule has 2 aromatic rings. The zero-order valence-electron chi connectivity index (χ0n) is 8.33. The molecular formula is C12H8N2O2. The van der Waals surface area contributed by atoms with Gasteiger partial charge in [-0.25, -0.2) is 10.1 Å². The van der Waals surface area contributed by atoms with Crippen LogP contribution in [0.25, 0.3) is 11.1 Å². The Bertz CT molecular complexity index is 563. The van der Waals surface area contributed by atoms with Gasteiger partial charge in [0.05, 0.1) is 0 Å². The summed E-state index contributed by atoms with van der Waals surface area (Å²) in [4.78, 5) is 10.8. The van der Waals surface area contributed by atoms with E-state index in [0.717, 1.165) is 16.1 Å². The van der Waals surface area contributed by atoms with Crippen LogP contribution in [0, 0.1) is 10.1 Å². The summed E-state index contributed by atoms with van der Waals surface area (Å²) in [5.74, 6) is 0. The Labute approximate surface area is 91.9 Å². The molecule has 0 fully saturated rings. The number of nitrogens with zero attached hydrogens (tertiary/aromatic N) is 2. The van der Waals surface area contributed by atoms with Crippen molar-refractivity contribution in [3.05, 3.63) is 58.6 Å². The number of hydrazine groups is 1. The van der Waals surface area contributed by atoms with Crippen molar-refractivity contribution in [2.24, 2.45) is 0 Å². The maximum Gasteiger partial charge on any atom is 0.170 e. The van der Waals surface area contributed by atoms with Crippen molar-refractivity contribution in [2.75, 3.05) is 5.01 Å². The van der Waals surface area contributed by atoms with Crippen molar-refractivity contribution in [3.63, 3.8) is 0 Å². The number of benzene rings is 2. The SMILES string of the molecule is O=[N+]([O-])N1c2ccc(-c3ccccc3)c1c2. The van der Waals surface area contributed by atoms with Gasteiger partial charge in [-0.3, -0.25) is 0 Å². The lowest BCUT2D eigenvalue weighted by Crippen LogP contribution is -2.30. The van der Waals surface area contributed by atoms with E-state index in [9.17, 15) is 10.1 Å². The first-order valence-corrected chi connectivity index (χ1v) is 4.91. The highest BCUT2D eigenvalue weighted by atomic mass is 16.7. The molecule has 4 heteroatoms. The molecule has 4 rings (SSSR count). The average Bonchev–Trinajstić information content (AvgIpc) is 2.29. The second-order valence-electron chi connectivity index (χ2n) is 3.62. The average molecular weight is 212 g/mol. The van der Waals surface area contributed by atoms with E-state index in [-0.39, 0.29) is 0 Å². The van der Waals surface area contributed by atoms with Crippen molar-refractivity contribution in [1.82, 2.24) is 0 Å². The number of hydrogen-bond acceptors (Lipinski definition) is 2. The first-order chi connectivity index (χ1) is 7.77. The molecule has 0 saturated heterocycles. The number of anilines is 2. The summed E-state index contributed by atoms with van der Waals surface area (Å²) in [5.41, 5.74) is 3.19. The van der Waals surface area contributed by atoms with Crippen LogP contribution in [0.1, 0.15) is 0 Å². The van der Waals surface area contributed by atoms with Crippen LogP contribution in [0.15, 0.2) is 48.5 Å². The summed E-state index contributed by atoms with van der Waals surface area (Å²) < 4.78 is 0. The van der Waals surface area contributed by atoms with Crippen molar-refractivity contribution >= 4 is 11.4 Å². The molecule has 78 valence electrons. The van der Waals surface area contributed by atoms with Gasteiger partial charge >= 0.3 is 0 Å². The molecule has 0 saturated carbocycles. The van der Waals surface area contributed by atoms with E-state index < -0.39 is 5.03 Å². The third-order valence-corrected chi connectivity index (χ3v) is 2.70. The van der Waals surface area contributed by atoms with Gasteiger partial charge < -0.3 is 0 Å². The molecule has 0 aliphatic carbocycles. The smallest absolute Gasteiger partial charge is 0.170 e. The van der Waals surface area contributed by atoms with E-state index in [0.29, 0.717) is 11.4 Å². The van der Waals surface area contributed by atoms with E-state index in [1.54, 1.807) is 6.07 Å². The molecule has 0 spiro atoms. The summed E-state index contributed by atoms with van der Waals surface area (Å²) in [5, 5.41) is 11.5. The van der Waals surface area contributed by atoms with Gasteiger partial charge in [-0.2, -0.15) is 0 Å². The zero-order chi connectivity index (χ0) is 11.1. The van der Waals surface area contributed by atoms with Crippen molar-refractivity contribution in [3.8, 4) is 11.1 Å². The summed E-state index contributed by atoms with van der Waals surface area (Å²) in [7, 11) is 0. The second kappa shape index (κ2) is 3.06. The Morgan fingerprint density at radius 2 is 1.81 bits per heavy atom. The lowest BCUT2D eigenvalue weighted by atomic mass is 9.98. The largest absolute Gasteiger partial charge is 0.234 e. The monoisotopic (exact) mass is 212 g/mol. The lowest BCUT2D eigenvalue weighted by Gasteiger charge is -2.26. The van der Waals surface area contributed by atoms with Crippen LogP contribution in [-0.4, -0.2) is 5.03 Å². The van der Waals surface area contributed by atoms with Gasteiger partial charge in [-0.1, -0.05) is 35.3 Å². The standard InChI is InChI=1S/C12H8N2O2/c15-14(16)13-10-6-7-11(12(13)8-10)9-4-2-1-3-5-9/h1-8H. The topological polar surface area (TPSA) is 46.4 Å². The minimum Gasteiger partial charge on any atom is -0.234 e. The van der Waals surface area contributed by atoms with Crippen molar-refractivity contribution in [2.45, 2.75) is 0 Å². The molecule has 0 aromatic heterocycles. The number of nitro groups is 1. The molecule has 4 nitrogen and oxygen atoms in total. The van der Waals surface area contributed by atoms with E-state index in [1.807, 2.05) is 42.5 Å². The predicted octanol–water partition coefficient (Wildman–Crippen LogP) is 3.00. The van der Waals surface area contributed by atoms with Gasteiger partial charge in [0.2, 0.25) is 0 Å². The number of rotatable bonds is 2. The van der Waals surface area contributed by atoms with Crippen LogP contribution in [-0.2, 0) is 0 Å². The Balaban J connectivity index is 2.11. The Hall–Kier alpha value is -2.36. The molecule has 2 heterocycles. The highest BCUT2D eigenvalue weighted by Gasteiger charge is 2.32. The molecule has 2 aliphatic heterocycles. The lowest BCUT2D eigenvalue weighted by molar-refractivity contribution is -0.485. The molecule has 2 aliphatic rings. The molecule has 0 atom stereocenters. The van der Waals surface area contributed by atoms with Crippen molar-refractivity contribution < 1.29 is 5.03 Å². The van der Waals surface area contributed by atoms with Gasteiger partial charge in [0, 0.05) is 5.56 Å². The number of fused-ring (bicyclic) bond motifs is 2. The molecule has 0 unspecified atom stereocenters. The predicted molar refractivity (Wildman–Crippen MR) is 61.0 cm³/mol. The van der Waals surface area contributed by atoms with Crippen molar-refractivity contribution in [1.29, 1.82) is 0 Å². The number of hydrogen-bond donors (Lipinski definition) is 0. The molecule has 0 radical (unpaired) electrons. The van der Waals surface area contributed by atoms with Crippen LogP contribution in [0.4, 0.5) is 11.4 Å². The summed E-state index contributed by atoms with van der Waals surface area (Å²) in [6, 6.07) is 15.2. The van der Waals surface area contributed by atoms with Gasteiger partial charge in [-0.05, 0) is 23.8 Å². The quantitative estimate of drug-likeness (QED) is 0.567. The minimum atomic E-state index is -0.392. The van der Waals surface area contributed by atoms with Crippen LogP contribution >= 0.6 is 0 Å². The third kappa shape index (κ3) is 1.10. The van der Waals surface area contributed by atoms with Gasteiger partial charge in [-0.15, -0.1) is 0 Å². The zero-order valence-corrected chi connectivity index (χ0v) is 8.33. The highest BCUT2D eigenvalue weighted by Crippen LogP contribution is 2.44. The van der Waals surface area contributed by atoms with E-state index in [2.05, 4.69) is 0 Å².